The summed E-state index contributed by atoms with van der Waals surface area (Å²) in [5, 5.41) is 3.36. The Kier molecular flexibility index (Phi) is 3.49. The summed E-state index contributed by atoms with van der Waals surface area (Å²) in [6.45, 7) is 2.69. The van der Waals surface area contributed by atoms with E-state index in [-0.39, 0.29) is 0 Å². The van der Waals surface area contributed by atoms with Crippen LogP contribution in [0.5, 0.6) is 0 Å². The fourth-order valence-electron chi connectivity index (χ4n) is 1.69. The molecule has 1 heterocycles. The van der Waals surface area contributed by atoms with E-state index in [0.717, 1.165) is 42.0 Å². The molecule has 0 saturated carbocycles. The van der Waals surface area contributed by atoms with Gasteiger partial charge in [-0.05, 0) is 24.6 Å². The molecule has 0 aromatic heterocycles. The summed E-state index contributed by atoms with van der Waals surface area (Å²) < 4.78 is 6.33. The Balaban J connectivity index is 1.92. The second-order valence-electron chi connectivity index (χ2n) is 3.84. The lowest BCUT2D eigenvalue weighted by Gasteiger charge is -2.12. The maximum Gasteiger partial charge on any atom is 0.0574 e. The second kappa shape index (κ2) is 4.86. The summed E-state index contributed by atoms with van der Waals surface area (Å²) in [5.41, 5.74) is 7.67. The highest BCUT2D eigenvalue weighted by Gasteiger charge is 2.15. The first kappa shape index (κ1) is 10.8. The van der Waals surface area contributed by atoms with E-state index >= 15 is 0 Å². The van der Waals surface area contributed by atoms with Gasteiger partial charge < -0.3 is 15.8 Å². The van der Waals surface area contributed by atoms with Gasteiger partial charge in [0.05, 0.1) is 18.0 Å². The molecule has 0 spiro atoms. The summed E-state index contributed by atoms with van der Waals surface area (Å²) in [6.07, 6.45) is 1.14. The average molecular weight is 271 g/mol. The van der Waals surface area contributed by atoms with Crippen molar-refractivity contribution in [3.8, 4) is 0 Å². The molecule has 0 amide bonds. The summed E-state index contributed by atoms with van der Waals surface area (Å²) in [7, 11) is 0. The van der Waals surface area contributed by atoms with E-state index in [4.69, 9.17) is 10.5 Å². The third kappa shape index (κ3) is 2.86. The molecule has 0 radical (unpaired) electrons. The SMILES string of the molecule is Nc1cc(Br)ccc1NCC1CCOC1. The number of halogens is 1. The number of anilines is 2. The fraction of sp³-hybridized carbons (Fsp3) is 0.455. The van der Waals surface area contributed by atoms with E-state index in [9.17, 15) is 0 Å². The molecule has 2 rings (SSSR count). The first-order chi connectivity index (χ1) is 7.25. The third-order valence-electron chi connectivity index (χ3n) is 2.62. The van der Waals surface area contributed by atoms with E-state index in [0.29, 0.717) is 5.92 Å². The predicted molar refractivity (Wildman–Crippen MR) is 66.0 cm³/mol. The molecule has 1 saturated heterocycles. The zero-order chi connectivity index (χ0) is 10.7. The molecule has 1 aromatic carbocycles. The number of nitrogen functional groups attached to an aromatic ring is 1. The Morgan fingerprint density at radius 1 is 1.53 bits per heavy atom. The molecular weight excluding hydrogens is 256 g/mol. The van der Waals surface area contributed by atoms with Crippen LogP contribution in [0.4, 0.5) is 11.4 Å². The van der Waals surface area contributed by atoms with Crippen LogP contribution in [0.2, 0.25) is 0 Å². The van der Waals surface area contributed by atoms with Crippen LogP contribution in [0.15, 0.2) is 22.7 Å². The van der Waals surface area contributed by atoms with Gasteiger partial charge in [-0.25, -0.2) is 0 Å². The molecule has 4 heteroatoms. The first-order valence-electron chi connectivity index (χ1n) is 5.12. The van der Waals surface area contributed by atoms with Crippen LogP contribution in [0, 0.1) is 5.92 Å². The molecule has 1 aliphatic heterocycles. The minimum absolute atomic E-state index is 0.619. The number of hydrogen-bond acceptors (Lipinski definition) is 3. The second-order valence-corrected chi connectivity index (χ2v) is 4.76. The number of rotatable bonds is 3. The zero-order valence-electron chi connectivity index (χ0n) is 8.50. The van der Waals surface area contributed by atoms with Crippen molar-refractivity contribution in [2.24, 2.45) is 5.92 Å². The minimum atomic E-state index is 0.619. The van der Waals surface area contributed by atoms with Crippen molar-refractivity contribution in [1.82, 2.24) is 0 Å². The molecule has 3 nitrogen and oxygen atoms in total. The summed E-state index contributed by atoms with van der Waals surface area (Å²) in [5.74, 6) is 0.619. The monoisotopic (exact) mass is 270 g/mol. The van der Waals surface area contributed by atoms with Gasteiger partial charge >= 0.3 is 0 Å². The quantitative estimate of drug-likeness (QED) is 0.830. The van der Waals surface area contributed by atoms with Crippen molar-refractivity contribution < 1.29 is 4.74 Å². The Morgan fingerprint density at radius 2 is 2.40 bits per heavy atom. The highest BCUT2D eigenvalue weighted by molar-refractivity contribution is 9.10. The van der Waals surface area contributed by atoms with Gasteiger partial charge in [0.15, 0.2) is 0 Å². The molecule has 15 heavy (non-hydrogen) atoms. The number of nitrogens with two attached hydrogens (primary N) is 1. The van der Waals surface area contributed by atoms with E-state index in [2.05, 4.69) is 21.2 Å². The highest BCUT2D eigenvalue weighted by atomic mass is 79.9. The van der Waals surface area contributed by atoms with Crippen LogP contribution in [-0.4, -0.2) is 19.8 Å². The predicted octanol–water partition coefficient (Wildman–Crippen LogP) is 2.48. The highest BCUT2D eigenvalue weighted by Crippen LogP contribution is 2.23. The number of benzene rings is 1. The molecule has 3 N–H and O–H groups in total. The van der Waals surface area contributed by atoms with E-state index in [1.165, 1.54) is 0 Å². The zero-order valence-corrected chi connectivity index (χ0v) is 10.1. The Morgan fingerprint density at radius 3 is 3.07 bits per heavy atom. The van der Waals surface area contributed by atoms with Gasteiger partial charge in [0.1, 0.15) is 0 Å². The maximum absolute atomic E-state index is 5.88. The fourth-order valence-corrected chi connectivity index (χ4v) is 2.07. The van der Waals surface area contributed by atoms with Crippen LogP contribution in [0.3, 0.4) is 0 Å². The van der Waals surface area contributed by atoms with E-state index < -0.39 is 0 Å². The van der Waals surface area contributed by atoms with Crippen molar-refractivity contribution in [2.75, 3.05) is 30.8 Å². The molecule has 1 aliphatic rings. The van der Waals surface area contributed by atoms with Crippen molar-refractivity contribution in [1.29, 1.82) is 0 Å². The number of nitrogens with one attached hydrogen (secondary N) is 1. The smallest absolute Gasteiger partial charge is 0.0574 e. The molecule has 82 valence electrons. The lowest BCUT2D eigenvalue weighted by Crippen LogP contribution is -2.14. The summed E-state index contributed by atoms with van der Waals surface area (Å²) in [6, 6.07) is 5.90. The van der Waals surface area contributed by atoms with Crippen LogP contribution in [0.25, 0.3) is 0 Å². The van der Waals surface area contributed by atoms with Gasteiger partial charge in [-0.1, -0.05) is 15.9 Å². The van der Waals surface area contributed by atoms with Crippen LogP contribution in [-0.2, 0) is 4.74 Å². The van der Waals surface area contributed by atoms with Crippen LogP contribution < -0.4 is 11.1 Å². The van der Waals surface area contributed by atoms with Gasteiger partial charge in [-0.3, -0.25) is 0 Å². The summed E-state index contributed by atoms with van der Waals surface area (Å²) >= 11 is 3.39. The number of hydrogen-bond donors (Lipinski definition) is 2. The normalized spacial score (nSPS) is 20.5. The molecule has 1 unspecified atom stereocenters. The van der Waals surface area contributed by atoms with Crippen molar-refractivity contribution in [3.05, 3.63) is 22.7 Å². The first-order valence-corrected chi connectivity index (χ1v) is 5.91. The van der Waals surface area contributed by atoms with Gasteiger partial charge in [0.2, 0.25) is 0 Å². The van der Waals surface area contributed by atoms with Gasteiger partial charge in [-0.2, -0.15) is 0 Å². The van der Waals surface area contributed by atoms with Crippen molar-refractivity contribution in [3.63, 3.8) is 0 Å². The largest absolute Gasteiger partial charge is 0.397 e. The Bertz CT molecular complexity index is 337. The third-order valence-corrected chi connectivity index (χ3v) is 3.11. The van der Waals surface area contributed by atoms with Crippen LogP contribution >= 0.6 is 15.9 Å². The van der Waals surface area contributed by atoms with E-state index in [1.807, 2.05) is 18.2 Å². The topological polar surface area (TPSA) is 47.3 Å². The average Bonchev–Trinajstić information content (AvgIpc) is 2.69. The number of ether oxygens (including phenoxy) is 1. The molecule has 0 bridgehead atoms. The molecule has 1 fully saturated rings. The Hall–Kier alpha value is -0.740. The minimum Gasteiger partial charge on any atom is -0.397 e. The summed E-state index contributed by atoms with van der Waals surface area (Å²) in [4.78, 5) is 0. The maximum atomic E-state index is 5.88. The van der Waals surface area contributed by atoms with E-state index in [1.54, 1.807) is 0 Å². The Labute approximate surface area is 98.1 Å². The molecule has 1 aromatic rings. The molecule has 1 atom stereocenters. The van der Waals surface area contributed by atoms with Crippen LogP contribution in [0.1, 0.15) is 6.42 Å². The van der Waals surface area contributed by atoms with Gasteiger partial charge in [0, 0.05) is 23.5 Å². The lowest BCUT2D eigenvalue weighted by atomic mass is 10.1. The molecule has 0 aliphatic carbocycles. The van der Waals surface area contributed by atoms with Gasteiger partial charge in [0.25, 0.3) is 0 Å². The van der Waals surface area contributed by atoms with Crippen molar-refractivity contribution in [2.45, 2.75) is 6.42 Å². The van der Waals surface area contributed by atoms with Gasteiger partial charge in [-0.15, -0.1) is 0 Å². The van der Waals surface area contributed by atoms with Crippen molar-refractivity contribution >= 4 is 27.3 Å². The standard InChI is InChI=1S/C11H15BrN2O/c12-9-1-2-11(10(13)5-9)14-6-8-3-4-15-7-8/h1-2,5,8,14H,3-4,6-7,13H2. The lowest BCUT2D eigenvalue weighted by molar-refractivity contribution is 0.187. The molecular formula is C11H15BrN2O.